The van der Waals surface area contributed by atoms with Gasteiger partial charge in [-0.2, -0.15) is 11.8 Å². The monoisotopic (exact) mass is 318 g/mol. The summed E-state index contributed by atoms with van der Waals surface area (Å²) in [5.41, 5.74) is 0. The van der Waals surface area contributed by atoms with E-state index in [-0.39, 0.29) is 31.6 Å². The first kappa shape index (κ1) is 17.6. The normalized spacial score (nSPS) is 18.2. The Morgan fingerprint density at radius 3 is 2.67 bits per heavy atom. The summed E-state index contributed by atoms with van der Waals surface area (Å²) in [4.78, 5) is 37.9. The van der Waals surface area contributed by atoms with Crippen LogP contribution in [0.4, 0.5) is 4.79 Å². The Balaban J connectivity index is 2.71. The number of nitrogens with zero attached hydrogens (tertiary/aromatic N) is 2. The summed E-state index contributed by atoms with van der Waals surface area (Å²) in [6, 6.07) is -0.623. The van der Waals surface area contributed by atoms with Crippen molar-refractivity contribution in [3.05, 3.63) is 0 Å². The average Bonchev–Trinajstić information content (AvgIpc) is 2.44. The van der Waals surface area contributed by atoms with Crippen LogP contribution in [0.25, 0.3) is 0 Å². The summed E-state index contributed by atoms with van der Waals surface area (Å²) in [6.45, 7) is 4.53. The van der Waals surface area contributed by atoms with Gasteiger partial charge in [0.1, 0.15) is 6.54 Å². The molecule has 1 fully saturated rings. The van der Waals surface area contributed by atoms with Crippen molar-refractivity contribution in [2.24, 2.45) is 0 Å². The molecule has 0 saturated carbocycles. The predicted molar refractivity (Wildman–Crippen MR) is 79.3 cm³/mol. The van der Waals surface area contributed by atoms with Crippen LogP contribution in [0.5, 0.6) is 0 Å². The second-order valence-corrected chi connectivity index (χ2v) is 5.77. The van der Waals surface area contributed by atoms with E-state index in [0.29, 0.717) is 18.8 Å². The molecule has 21 heavy (non-hydrogen) atoms. The summed E-state index contributed by atoms with van der Waals surface area (Å²) in [5.74, 6) is 0.0102. The number of ether oxygens (including phenoxy) is 1. The molecule has 0 radical (unpaired) electrons. The summed E-state index contributed by atoms with van der Waals surface area (Å²) < 4.78 is 4.85. The molecule has 1 atom stereocenters. The third kappa shape index (κ3) is 5.45. The van der Waals surface area contributed by atoms with E-state index in [1.807, 2.05) is 0 Å². The molecule has 0 aromatic carbocycles. The van der Waals surface area contributed by atoms with Gasteiger partial charge in [-0.25, -0.2) is 4.79 Å². The van der Waals surface area contributed by atoms with Crippen LogP contribution < -0.4 is 0 Å². The lowest BCUT2D eigenvalue weighted by atomic mass is 10.2. The molecule has 1 heterocycles. The van der Waals surface area contributed by atoms with Crippen LogP contribution in [0.1, 0.15) is 20.3 Å². The van der Waals surface area contributed by atoms with Gasteiger partial charge in [-0.3, -0.25) is 9.59 Å². The van der Waals surface area contributed by atoms with E-state index in [0.717, 1.165) is 5.75 Å². The topological polar surface area (TPSA) is 87.2 Å². The van der Waals surface area contributed by atoms with Gasteiger partial charge in [0.25, 0.3) is 0 Å². The van der Waals surface area contributed by atoms with E-state index in [1.165, 1.54) is 4.90 Å². The maximum atomic E-state index is 12.5. The molecule has 1 aliphatic rings. The molecule has 1 N–H and O–H groups in total. The van der Waals surface area contributed by atoms with Gasteiger partial charge in [0.2, 0.25) is 0 Å². The number of rotatable bonds is 6. The molecule has 1 saturated heterocycles. The lowest BCUT2D eigenvalue weighted by molar-refractivity contribution is -0.144. The largest absolute Gasteiger partial charge is 0.481 e. The molecule has 120 valence electrons. The lowest BCUT2D eigenvalue weighted by Gasteiger charge is -2.37. The van der Waals surface area contributed by atoms with Crippen molar-refractivity contribution in [1.29, 1.82) is 0 Å². The van der Waals surface area contributed by atoms with Gasteiger partial charge in [-0.1, -0.05) is 0 Å². The summed E-state index contributed by atoms with van der Waals surface area (Å²) in [6.07, 6.45) is -0.0737. The number of urea groups is 1. The summed E-state index contributed by atoms with van der Waals surface area (Å²) >= 11 is 1.64. The number of likely N-dealkylation sites (N-methyl/N-ethyl adjacent to an activating group) is 1. The van der Waals surface area contributed by atoms with E-state index in [2.05, 4.69) is 0 Å². The van der Waals surface area contributed by atoms with Crippen molar-refractivity contribution in [2.75, 3.05) is 37.7 Å². The molecule has 0 spiro atoms. The molecule has 2 amide bonds. The highest BCUT2D eigenvalue weighted by atomic mass is 32.2. The Labute approximate surface area is 128 Å². The molecule has 0 aliphatic carbocycles. The summed E-state index contributed by atoms with van der Waals surface area (Å²) in [5, 5.41) is 8.94. The van der Waals surface area contributed by atoms with Gasteiger partial charge in [-0.15, -0.1) is 0 Å². The van der Waals surface area contributed by atoms with Crippen molar-refractivity contribution in [3.8, 4) is 0 Å². The Hall–Kier alpha value is -1.44. The minimum absolute atomic E-state index is 0.0737. The zero-order valence-electron chi connectivity index (χ0n) is 12.4. The number of aliphatic carboxylic acids is 1. The zero-order valence-corrected chi connectivity index (χ0v) is 13.2. The number of hydrogen-bond acceptors (Lipinski definition) is 5. The maximum absolute atomic E-state index is 12.5. The molecule has 0 bridgehead atoms. The van der Waals surface area contributed by atoms with Gasteiger partial charge in [0.05, 0.1) is 19.1 Å². The highest BCUT2D eigenvalue weighted by Crippen LogP contribution is 2.20. The molecule has 1 aliphatic heterocycles. The number of carbonyl (C=O) groups is 3. The Morgan fingerprint density at radius 1 is 1.38 bits per heavy atom. The van der Waals surface area contributed by atoms with Crippen LogP contribution in [-0.2, 0) is 14.3 Å². The quantitative estimate of drug-likeness (QED) is 0.732. The number of thioether (sulfide) groups is 1. The maximum Gasteiger partial charge on any atom is 0.325 e. The highest BCUT2D eigenvalue weighted by molar-refractivity contribution is 7.99. The first-order valence-electron chi connectivity index (χ1n) is 7.00. The van der Waals surface area contributed by atoms with Crippen molar-refractivity contribution in [1.82, 2.24) is 9.80 Å². The Morgan fingerprint density at radius 2 is 2.10 bits per heavy atom. The Bertz CT molecular complexity index is 391. The van der Waals surface area contributed by atoms with Crippen molar-refractivity contribution in [3.63, 3.8) is 0 Å². The second kappa shape index (κ2) is 8.76. The molecule has 8 heteroatoms. The van der Waals surface area contributed by atoms with Crippen LogP contribution in [0.2, 0.25) is 0 Å². The van der Waals surface area contributed by atoms with Crippen LogP contribution in [-0.4, -0.2) is 76.7 Å². The van der Waals surface area contributed by atoms with Crippen molar-refractivity contribution >= 4 is 29.7 Å². The zero-order chi connectivity index (χ0) is 15.8. The van der Waals surface area contributed by atoms with Crippen molar-refractivity contribution in [2.45, 2.75) is 26.3 Å². The average molecular weight is 318 g/mol. The second-order valence-electron chi connectivity index (χ2n) is 4.62. The summed E-state index contributed by atoms with van der Waals surface area (Å²) in [7, 11) is 0. The van der Waals surface area contributed by atoms with Crippen LogP contribution >= 0.6 is 11.8 Å². The number of esters is 1. The van der Waals surface area contributed by atoms with Gasteiger partial charge in [-0.05, 0) is 13.8 Å². The van der Waals surface area contributed by atoms with Crippen LogP contribution in [0.15, 0.2) is 0 Å². The molecule has 1 unspecified atom stereocenters. The molecule has 0 aromatic rings. The van der Waals surface area contributed by atoms with Gasteiger partial charge < -0.3 is 19.6 Å². The third-order valence-corrected chi connectivity index (χ3v) is 4.25. The number of amides is 2. The van der Waals surface area contributed by atoms with E-state index < -0.39 is 11.9 Å². The standard InChI is InChI=1S/C13H22N2O5S/c1-3-14(8-12(18)20-4-2)13(19)15-5-6-21-9-10(15)7-11(16)17/h10H,3-9H2,1-2H3,(H,16,17). The lowest BCUT2D eigenvalue weighted by Crippen LogP contribution is -2.53. The van der Waals surface area contributed by atoms with E-state index in [1.54, 1.807) is 30.5 Å². The molecular formula is C13H22N2O5S. The van der Waals surface area contributed by atoms with Crippen LogP contribution in [0.3, 0.4) is 0 Å². The number of hydrogen-bond donors (Lipinski definition) is 1. The highest BCUT2D eigenvalue weighted by Gasteiger charge is 2.32. The third-order valence-electron chi connectivity index (χ3n) is 3.16. The molecule has 0 aromatic heterocycles. The van der Waals surface area contributed by atoms with Crippen molar-refractivity contribution < 1.29 is 24.2 Å². The van der Waals surface area contributed by atoms with Gasteiger partial charge in [0, 0.05) is 24.6 Å². The molecule has 7 nitrogen and oxygen atoms in total. The molecule has 1 rings (SSSR count). The fourth-order valence-corrected chi connectivity index (χ4v) is 3.20. The SMILES string of the molecule is CCOC(=O)CN(CC)C(=O)N1CCSCC1CC(=O)O. The number of carbonyl (C=O) groups excluding carboxylic acids is 2. The predicted octanol–water partition coefficient (Wildman–Crippen LogP) is 0.883. The molecular weight excluding hydrogens is 296 g/mol. The van der Waals surface area contributed by atoms with Crippen LogP contribution in [0, 0.1) is 0 Å². The first-order chi connectivity index (χ1) is 9.99. The minimum atomic E-state index is -0.922. The van der Waals surface area contributed by atoms with E-state index >= 15 is 0 Å². The number of carboxylic acids is 1. The number of carboxylic acid groups (broad SMARTS) is 1. The fraction of sp³-hybridized carbons (Fsp3) is 0.769. The smallest absolute Gasteiger partial charge is 0.325 e. The first-order valence-corrected chi connectivity index (χ1v) is 8.15. The van der Waals surface area contributed by atoms with Gasteiger partial charge >= 0.3 is 18.0 Å². The fourth-order valence-electron chi connectivity index (χ4n) is 2.14. The van der Waals surface area contributed by atoms with E-state index in [9.17, 15) is 14.4 Å². The van der Waals surface area contributed by atoms with Gasteiger partial charge in [0.15, 0.2) is 0 Å². The minimum Gasteiger partial charge on any atom is -0.481 e. The van der Waals surface area contributed by atoms with E-state index in [4.69, 9.17) is 9.84 Å². The Kier molecular flexibility index (Phi) is 7.35.